The molecule has 1 unspecified atom stereocenters. The van der Waals surface area contributed by atoms with Crippen LogP contribution in [0.5, 0.6) is 0 Å². The Morgan fingerprint density at radius 3 is 2.68 bits per heavy atom. The van der Waals surface area contributed by atoms with Crippen molar-refractivity contribution >= 4 is 17.7 Å². The van der Waals surface area contributed by atoms with Crippen molar-refractivity contribution in [2.24, 2.45) is 0 Å². The van der Waals surface area contributed by atoms with Gasteiger partial charge in [0.1, 0.15) is 5.82 Å². The van der Waals surface area contributed by atoms with Crippen LogP contribution in [0.2, 0.25) is 0 Å². The smallest absolute Gasteiger partial charge is 0.338 e. The van der Waals surface area contributed by atoms with Crippen LogP contribution in [-0.4, -0.2) is 23.1 Å². The van der Waals surface area contributed by atoms with Gasteiger partial charge >= 0.3 is 12.0 Å². The first-order valence-corrected chi connectivity index (χ1v) is 6.04. The highest BCUT2D eigenvalue weighted by atomic mass is 19.1. The van der Waals surface area contributed by atoms with Crippen LogP contribution in [0.25, 0.3) is 0 Å². The summed E-state index contributed by atoms with van der Waals surface area (Å²) in [5.74, 6) is -2.21. The summed E-state index contributed by atoms with van der Waals surface area (Å²) in [5.41, 5.74) is -0.237. The Bertz CT molecular complexity index is 477. The molecule has 0 fully saturated rings. The normalized spacial score (nSPS) is 11.7. The molecular formula is C13H17FN2O3. The molecule has 1 rings (SSSR count). The van der Waals surface area contributed by atoms with Gasteiger partial charge in [-0.3, -0.25) is 0 Å². The summed E-state index contributed by atoms with van der Waals surface area (Å²) in [4.78, 5) is 22.4. The molecule has 6 heteroatoms. The fourth-order valence-electron chi connectivity index (χ4n) is 1.66. The first-order valence-electron chi connectivity index (χ1n) is 6.04. The van der Waals surface area contributed by atoms with Gasteiger partial charge in [-0.05, 0) is 31.5 Å². The minimum Gasteiger partial charge on any atom is -0.478 e. The number of anilines is 1. The maximum atomic E-state index is 13.2. The minimum atomic E-state index is -1.37. The summed E-state index contributed by atoms with van der Waals surface area (Å²) in [6.45, 7) is 3.88. The van der Waals surface area contributed by atoms with Gasteiger partial charge < -0.3 is 15.7 Å². The van der Waals surface area contributed by atoms with Crippen molar-refractivity contribution in [1.29, 1.82) is 0 Å². The lowest BCUT2D eigenvalue weighted by atomic mass is 10.2. The van der Waals surface area contributed by atoms with E-state index in [1.807, 2.05) is 13.8 Å². The van der Waals surface area contributed by atoms with E-state index in [1.54, 1.807) is 0 Å². The molecule has 0 saturated heterocycles. The molecule has 5 nitrogen and oxygen atoms in total. The van der Waals surface area contributed by atoms with Crippen LogP contribution in [-0.2, 0) is 0 Å². The number of aromatic carboxylic acids is 1. The lowest BCUT2D eigenvalue weighted by Gasteiger charge is -2.13. The van der Waals surface area contributed by atoms with Crippen molar-refractivity contribution in [3.05, 3.63) is 29.6 Å². The van der Waals surface area contributed by atoms with Crippen molar-refractivity contribution in [2.75, 3.05) is 5.32 Å². The first kappa shape index (κ1) is 14.9. The minimum absolute atomic E-state index is 0.0180. The maximum absolute atomic E-state index is 13.2. The van der Waals surface area contributed by atoms with Gasteiger partial charge in [-0.2, -0.15) is 0 Å². The molecule has 2 amide bonds. The molecule has 1 atom stereocenters. The highest BCUT2D eigenvalue weighted by molar-refractivity contribution is 5.93. The summed E-state index contributed by atoms with van der Waals surface area (Å²) in [5, 5.41) is 13.9. The number of amides is 2. The molecule has 0 aliphatic heterocycles. The third-order valence-corrected chi connectivity index (χ3v) is 2.55. The van der Waals surface area contributed by atoms with Gasteiger partial charge in [-0.25, -0.2) is 14.0 Å². The van der Waals surface area contributed by atoms with Gasteiger partial charge in [-0.1, -0.05) is 13.3 Å². The van der Waals surface area contributed by atoms with E-state index >= 15 is 0 Å². The van der Waals surface area contributed by atoms with Gasteiger partial charge in [0.25, 0.3) is 0 Å². The molecule has 0 spiro atoms. The topological polar surface area (TPSA) is 78.4 Å². The van der Waals surface area contributed by atoms with Crippen LogP contribution in [0.4, 0.5) is 14.9 Å². The van der Waals surface area contributed by atoms with Crippen molar-refractivity contribution in [2.45, 2.75) is 32.7 Å². The van der Waals surface area contributed by atoms with Gasteiger partial charge in [0.05, 0.1) is 5.56 Å². The van der Waals surface area contributed by atoms with Crippen molar-refractivity contribution < 1.29 is 19.1 Å². The number of urea groups is 1. The third-order valence-electron chi connectivity index (χ3n) is 2.55. The predicted molar refractivity (Wildman–Crippen MR) is 69.9 cm³/mol. The van der Waals surface area contributed by atoms with Crippen molar-refractivity contribution in [3.63, 3.8) is 0 Å². The zero-order valence-corrected chi connectivity index (χ0v) is 10.9. The van der Waals surface area contributed by atoms with E-state index in [0.29, 0.717) is 0 Å². The second-order valence-electron chi connectivity index (χ2n) is 4.29. The lowest BCUT2D eigenvalue weighted by molar-refractivity contribution is 0.0692. The largest absolute Gasteiger partial charge is 0.478 e. The van der Waals surface area contributed by atoms with E-state index in [-0.39, 0.29) is 11.7 Å². The monoisotopic (exact) mass is 268 g/mol. The highest BCUT2D eigenvalue weighted by Crippen LogP contribution is 2.14. The van der Waals surface area contributed by atoms with Crippen molar-refractivity contribution in [3.8, 4) is 0 Å². The Morgan fingerprint density at radius 2 is 2.11 bits per heavy atom. The van der Waals surface area contributed by atoms with Gasteiger partial charge in [-0.15, -0.1) is 0 Å². The molecule has 0 saturated carbocycles. The van der Waals surface area contributed by atoms with Crippen LogP contribution in [0.3, 0.4) is 0 Å². The molecule has 19 heavy (non-hydrogen) atoms. The summed E-state index contributed by atoms with van der Waals surface area (Å²) in [6, 6.07) is 2.98. The zero-order valence-electron chi connectivity index (χ0n) is 10.9. The SMILES string of the molecule is CCCC(C)NC(=O)Nc1ccc(F)c(C(=O)O)c1. The summed E-state index contributed by atoms with van der Waals surface area (Å²) >= 11 is 0. The molecule has 1 aromatic carbocycles. The van der Waals surface area contributed by atoms with Crippen LogP contribution in [0.15, 0.2) is 18.2 Å². The average Bonchev–Trinajstić information content (AvgIpc) is 2.31. The number of carboxylic acids is 1. The fourth-order valence-corrected chi connectivity index (χ4v) is 1.66. The lowest BCUT2D eigenvalue weighted by Crippen LogP contribution is -2.36. The summed E-state index contributed by atoms with van der Waals surface area (Å²) < 4.78 is 13.2. The highest BCUT2D eigenvalue weighted by Gasteiger charge is 2.12. The quantitative estimate of drug-likeness (QED) is 0.768. The second kappa shape index (κ2) is 6.72. The van der Waals surface area contributed by atoms with Crippen molar-refractivity contribution in [1.82, 2.24) is 5.32 Å². The van der Waals surface area contributed by atoms with E-state index in [0.717, 1.165) is 25.0 Å². The average molecular weight is 268 g/mol. The first-order chi connectivity index (χ1) is 8.93. The Labute approximate surface area is 110 Å². The number of benzene rings is 1. The molecule has 0 aliphatic carbocycles. The number of hydrogen-bond acceptors (Lipinski definition) is 2. The van der Waals surface area contributed by atoms with E-state index in [2.05, 4.69) is 10.6 Å². The van der Waals surface area contributed by atoms with Crippen LogP contribution < -0.4 is 10.6 Å². The predicted octanol–water partition coefficient (Wildman–Crippen LogP) is 2.83. The second-order valence-corrected chi connectivity index (χ2v) is 4.29. The van der Waals surface area contributed by atoms with Crippen LogP contribution in [0, 0.1) is 5.82 Å². The molecule has 3 N–H and O–H groups in total. The standard InChI is InChI=1S/C13H17FN2O3/c1-3-4-8(2)15-13(19)16-9-5-6-11(14)10(7-9)12(17)18/h5-8H,3-4H2,1-2H3,(H,17,18)(H2,15,16,19). The molecular weight excluding hydrogens is 251 g/mol. The van der Waals surface area contributed by atoms with E-state index in [9.17, 15) is 14.0 Å². The molecule has 1 aromatic rings. The number of carboxylic acid groups (broad SMARTS) is 1. The molecule has 0 aliphatic rings. The zero-order chi connectivity index (χ0) is 14.4. The van der Waals surface area contributed by atoms with Gasteiger partial charge in [0, 0.05) is 11.7 Å². The molecule has 0 heterocycles. The van der Waals surface area contributed by atoms with E-state index in [1.165, 1.54) is 6.07 Å². The number of carbonyl (C=O) groups is 2. The third kappa shape index (κ3) is 4.57. The Balaban J connectivity index is 2.69. The Kier molecular flexibility index (Phi) is 5.29. The number of nitrogens with one attached hydrogen (secondary N) is 2. The fraction of sp³-hybridized carbons (Fsp3) is 0.385. The summed E-state index contributed by atoms with van der Waals surface area (Å²) in [6.07, 6.45) is 1.79. The summed E-state index contributed by atoms with van der Waals surface area (Å²) in [7, 11) is 0. The Hall–Kier alpha value is -2.11. The van der Waals surface area contributed by atoms with E-state index < -0.39 is 23.4 Å². The molecule has 104 valence electrons. The number of carbonyl (C=O) groups excluding carboxylic acids is 1. The molecule has 0 bridgehead atoms. The number of rotatable bonds is 5. The van der Waals surface area contributed by atoms with E-state index in [4.69, 9.17) is 5.11 Å². The van der Waals surface area contributed by atoms with Crippen LogP contribution >= 0.6 is 0 Å². The number of halogens is 1. The van der Waals surface area contributed by atoms with Crippen LogP contribution in [0.1, 0.15) is 37.0 Å². The number of hydrogen-bond donors (Lipinski definition) is 3. The van der Waals surface area contributed by atoms with Gasteiger partial charge in [0.15, 0.2) is 0 Å². The Morgan fingerprint density at radius 1 is 1.42 bits per heavy atom. The molecule has 0 radical (unpaired) electrons. The molecule has 0 aromatic heterocycles. The maximum Gasteiger partial charge on any atom is 0.338 e. The van der Waals surface area contributed by atoms with Gasteiger partial charge in [0.2, 0.25) is 0 Å².